The highest BCUT2D eigenvalue weighted by atomic mass is 35.5. The average Bonchev–Trinajstić information content (AvgIpc) is 3.16. The van der Waals surface area contributed by atoms with Crippen LogP contribution in [0.15, 0.2) is 48.5 Å². The van der Waals surface area contributed by atoms with Crippen LogP contribution in [0.3, 0.4) is 0 Å². The van der Waals surface area contributed by atoms with E-state index in [-0.39, 0.29) is 17.4 Å². The second-order valence-electron chi connectivity index (χ2n) is 10.9. The van der Waals surface area contributed by atoms with Gasteiger partial charge in [-0.25, -0.2) is 4.79 Å². The minimum Gasteiger partial charge on any atom is -0.444 e. The standard InChI is InChI=1S/C29H36Cl2N2O2/c1-28(2,3)35-27(34)32(4)20-23(22-9-10-25(30)26(31)19-22)12-16-33-17-14-29(15-18-33)13-11-21-7-5-6-8-24(21)29/h5-11,13,19,23H,12,14-18,20H2,1-4H3/t23-/m1/s1. The third-order valence-electron chi connectivity index (χ3n) is 7.24. The van der Waals surface area contributed by atoms with E-state index in [1.165, 1.54) is 11.1 Å². The van der Waals surface area contributed by atoms with E-state index in [1.807, 2.05) is 39.0 Å². The summed E-state index contributed by atoms with van der Waals surface area (Å²) in [6, 6.07) is 14.6. The van der Waals surface area contributed by atoms with Gasteiger partial charge >= 0.3 is 6.09 Å². The van der Waals surface area contributed by atoms with Crippen molar-refractivity contribution in [1.29, 1.82) is 0 Å². The lowest BCUT2D eigenvalue weighted by molar-refractivity contribution is 0.0285. The molecule has 0 radical (unpaired) electrons. The minimum absolute atomic E-state index is 0.130. The van der Waals surface area contributed by atoms with Crippen molar-refractivity contribution in [2.45, 2.75) is 57.0 Å². The van der Waals surface area contributed by atoms with Gasteiger partial charge in [-0.2, -0.15) is 0 Å². The number of allylic oxidation sites excluding steroid dienone is 1. The number of halogens is 2. The van der Waals surface area contributed by atoms with Crippen LogP contribution in [-0.4, -0.2) is 54.7 Å². The molecule has 188 valence electrons. The molecule has 0 saturated carbocycles. The monoisotopic (exact) mass is 514 g/mol. The molecule has 1 spiro atoms. The minimum atomic E-state index is -0.526. The van der Waals surface area contributed by atoms with E-state index >= 15 is 0 Å². The molecule has 0 N–H and O–H groups in total. The largest absolute Gasteiger partial charge is 0.444 e. The predicted octanol–water partition coefficient (Wildman–Crippen LogP) is 7.39. The summed E-state index contributed by atoms with van der Waals surface area (Å²) in [5.41, 5.74) is 3.60. The van der Waals surface area contributed by atoms with Gasteiger partial charge in [-0.3, -0.25) is 0 Å². The lowest BCUT2D eigenvalue weighted by atomic mass is 9.74. The fourth-order valence-corrected chi connectivity index (χ4v) is 5.57. The summed E-state index contributed by atoms with van der Waals surface area (Å²) >= 11 is 12.5. The number of likely N-dealkylation sites (tertiary alicyclic amines) is 1. The molecule has 2 aromatic carbocycles. The number of piperidine rings is 1. The summed E-state index contributed by atoms with van der Waals surface area (Å²) in [5.74, 6) is 0.130. The van der Waals surface area contributed by atoms with Crippen LogP contribution in [0.25, 0.3) is 6.08 Å². The van der Waals surface area contributed by atoms with Gasteiger partial charge in [0.1, 0.15) is 5.60 Å². The molecule has 0 bridgehead atoms. The van der Waals surface area contributed by atoms with Gasteiger partial charge in [0.2, 0.25) is 0 Å². The molecule has 1 fully saturated rings. The van der Waals surface area contributed by atoms with Crippen molar-refractivity contribution in [3.8, 4) is 0 Å². The number of amides is 1. The van der Waals surface area contributed by atoms with Gasteiger partial charge in [-0.05, 0) is 88.5 Å². The van der Waals surface area contributed by atoms with Crippen LogP contribution < -0.4 is 0 Å². The van der Waals surface area contributed by atoms with Crippen molar-refractivity contribution in [3.05, 3.63) is 75.3 Å². The first kappa shape index (κ1) is 26.1. The summed E-state index contributed by atoms with van der Waals surface area (Å²) in [7, 11) is 1.80. The van der Waals surface area contributed by atoms with Crippen LogP contribution in [0.2, 0.25) is 10.0 Å². The van der Waals surface area contributed by atoms with Crippen molar-refractivity contribution in [2.24, 2.45) is 0 Å². The van der Waals surface area contributed by atoms with Gasteiger partial charge in [0.25, 0.3) is 0 Å². The van der Waals surface area contributed by atoms with Crippen LogP contribution in [0.4, 0.5) is 4.79 Å². The molecule has 0 aromatic heterocycles. The molecule has 1 amide bonds. The van der Waals surface area contributed by atoms with Crippen molar-refractivity contribution < 1.29 is 9.53 Å². The number of rotatable bonds is 6. The summed E-state index contributed by atoms with van der Waals surface area (Å²) in [6.45, 7) is 9.31. The summed E-state index contributed by atoms with van der Waals surface area (Å²) < 4.78 is 5.58. The van der Waals surface area contributed by atoms with Crippen LogP contribution in [0.1, 0.15) is 62.6 Å². The molecule has 2 aromatic rings. The highest BCUT2D eigenvalue weighted by molar-refractivity contribution is 6.42. The fraction of sp³-hybridized carbons (Fsp3) is 0.483. The number of likely N-dealkylation sites (N-methyl/N-ethyl adjacent to an activating group) is 1. The maximum absolute atomic E-state index is 12.6. The number of benzene rings is 2. The zero-order valence-corrected chi connectivity index (χ0v) is 22.7. The van der Waals surface area contributed by atoms with Crippen LogP contribution >= 0.6 is 23.2 Å². The quantitative estimate of drug-likeness (QED) is 0.402. The van der Waals surface area contributed by atoms with Gasteiger partial charge < -0.3 is 14.5 Å². The highest BCUT2D eigenvalue weighted by Gasteiger charge is 2.37. The second kappa shape index (κ2) is 10.5. The van der Waals surface area contributed by atoms with E-state index in [0.717, 1.165) is 44.5 Å². The van der Waals surface area contributed by atoms with E-state index in [9.17, 15) is 4.79 Å². The highest BCUT2D eigenvalue weighted by Crippen LogP contribution is 2.43. The Balaban J connectivity index is 1.41. The molecule has 1 aliphatic heterocycles. The summed E-state index contributed by atoms with van der Waals surface area (Å²) in [5, 5.41) is 1.08. The van der Waals surface area contributed by atoms with E-state index in [0.29, 0.717) is 16.6 Å². The summed E-state index contributed by atoms with van der Waals surface area (Å²) in [4.78, 5) is 16.9. The van der Waals surface area contributed by atoms with Crippen LogP contribution in [0.5, 0.6) is 0 Å². The predicted molar refractivity (Wildman–Crippen MR) is 146 cm³/mol. The molecule has 1 saturated heterocycles. The molecule has 0 unspecified atom stereocenters. The SMILES string of the molecule is CN(C[C@@H](CCN1CCC2(C=Cc3ccccc32)CC1)c1ccc(Cl)c(Cl)c1)C(=O)OC(C)(C)C. The van der Waals surface area contributed by atoms with Gasteiger partial charge in [0.15, 0.2) is 0 Å². The molecule has 1 atom stereocenters. The van der Waals surface area contributed by atoms with Gasteiger partial charge in [-0.15, -0.1) is 0 Å². The Morgan fingerprint density at radius 3 is 2.51 bits per heavy atom. The third kappa shape index (κ3) is 6.22. The molecule has 6 heteroatoms. The first-order valence-electron chi connectivity index (χ1n) is 12.5. The van der Waals surface area contributed by atoms with Gasteiger partial charge in [-0.1, -0.05) is 65.7 Å². The Morgan fingerprint density at radius 1 is 1.11 bits per heavy atom. The number of hydrogen-bond donors (Lipinski definition) is 0. The Morgan fingerprint density at radius 2 is 1.83 bits per heavy atom. The number of nitrogens with zero attached hydrogens (tertiary/aromatic N) is 2. The number of carbonyl (C=O) groups excluding carboxylic acids is 1. The second-order valence-corrected chi connectivity index (χ2v) is 11.8. The average molecular weight is 516 g/mol. The number of hydrogen-bond acceptors (Lipinski definition) is 3. The molecular formula is C29H36Cl2N2O2. The topological polar surface area (TPSA) is 32.8 Å². The van der Waals surface area contributed by atoms with Crippen molar-refractivity contribution in [1.82, 2.24) is 9.80 Å². The molecule has 4 nitrogen and oxygen atoms in total. The molecular weight excluding hydrogens is 479 g/mol. The van der Waals surface area contributed by atoms with Crippen molar-refractivity contribution in [2.75, 3.05) is 33.2 Å². The normalized spacial score (nSPS) is 17.9. The fourth-order valence-electron chi connectivity index (χ4n) is 5.26. The smallest absolute Gasteiger partial charge is 0.410 e. The molecule has 35 heavy (non-hydrogen) atoms. The lowest BCUT2D eigenvalue weighted by Crippen LogP contribution is -2.42. The molecule has 1 aliphatic carbocycles. The summed E-state index contributed by atoms with van der Waals surface area (Å²) in [6.07, 6.45) is 7.59. The van der Waals surface area contributed by atoms with Crippen LogP contribution in [0, 0.1) is 0 Å². The van der Waals surface area contributed by atoms with Crippen molar-refractivity contribution >= 4 is 35.4 Å². The first-order chi connectivity index (χ1) is 16.6. The Bertz CT molecular complexity index is 1080. The van der Waals surface area contributed by atoms with Gasteiger partial charge in [0, 0.05) is 24.9 Å². The first-order valence-corrected chi connectivity index (χ1v) is 13.2. The Labute approximate surface area is 219 Å². The Kier molecular flexibility index (Phi) is 7.85. The maximum Gasteiger partial charge on any atom is 0.410 e. The van der Waals surface area contributed by atoms with Crippen molar-refractivity contribution in [3.63, 3.8) is 0 Å². The zero-order chi connectivity index (χ0) is 25.2. The number of fused-ring (bicyclic) bond motifs is 2. The third-order valence-corrected chi connectivity index (χ3v) is 7.97. The number of carbonyl (C=O) groups is 1. The van der Waals surface area contributed by atoms with Crippen LogP contribution in [-0.2, 0) is 10.2 Å². The number of ether oxygens (including phenoxy) is 1. The maximum atomic E-state index is 12.6. The van der Waals surface area contributed by atoms with Gasteiger partial charge in [0.05, 0.1) is 10.0 Å². The molecule has 1 heterocycles. The molecule has 2 aliphatic rings. The van der Waals surface area contributed by atoms with E-state index in [1.54, 1.807) is 11.9 Å². The Hall–Kier alpha value is -2.01. The van der Waals surface area contributed by atoms with E-state index < -0.39 is 5.60 Å². The molecule has 4 rings (SSSR count). The van der Waals surface area contributed by atoms with E-state index in [2.05, 4.69) is 41.3 Å². The lowest BCUT2D eigenvalue weighted by Gasteiger charge is -2.40. The van der Waals surface area contributed by atoms with E-state index in [4.69, 9.17) is 27.9 Å². The zero-order valence-electron chi connectivity index (χ0n) is 21.2.